The normalized spacial score (nSPS) is 12.7. The van der Waals surface area contributed by atoms with Crippen LogP contribution in [0.3, 0.4) is 0 Å². The molecule has 28 heavy (non-hydrogen) atoms. The molecule has 0 unspecified atom stereocenters. The van der Waals surface area contributed by atoms with Crippen LogP contribution in [0.2, 0.25) is 0 Å². The van der Waals surface area contributed by atoms with E-state index in [2.05, 4.69) is 36.1 Å². The number of thiazole rings is 1. The predicted octanol–water partition coefficient (Wildman–Crippen LogP) is 5.75. The van der Waals surface area contributed by atoms with Gasteiger partial charge in [0.1, 0.15) is 5.76 Å². The number of aromatic nitrogens is 2. The van der Waals surface area contributed by atoms with Gasteiger partial charge in [0.2, 0.25) is 11.8 Å². The van der Waals surface area contributed by atoms with Crippen LogP contribution in [0.25, 0.3) is 0 Å². The molecule has 1 atom stereocenters. The fourth-order valence-electron chi connectivity index (χ4n) is 2.64. The average Bonchev–Trinajstić information content (AvgIpc) is 3.28. The molecule has 3 aromatic rings. The Morgan fingerprint density at radius 2 is 1.96 bits per heavy atom. The van der Waals surface area contributed by atoms with E-state index >= 15 is 0 Å². The van der Waals surface area contributed by atoms with Crippen molar-refractivity contribution in [2.24, 2.45) is 5.41 Å². The summed E-state index contributed by atoms with van der Waals surface area (Å²) in [6.07, 6.45) is 4.45. The molecule has 1 N–H and O–H groups in total. The molecule has 0 aliphatic carbocycles. The first-order chi connectivity index (χ1) is 13.3. The van der Waals surface area contributed by atoms with E-state index in [0.29, 0.717) is 16.8 Å². The maximum absolute atomic E-state index is 12.4. The Morgan fingerprint density at radius 1 is 1.21 bits per heavy atom. The van der Waals surface area contributed by atoms with Crippen molar-refractivity contribution in [3.8, 4) is 0 Å². The standard InChI is InChI=1S/C21H25N3O2S2/c1-14(15-8-6-5-7-9-15)19(25)24-20-23-12-18(28-20)27-13-17-22-11-16(26-17)10-21(2,3)4/h5-9,11-12,14H,10,13H2,1-4H3,(H,23,24,25)/t14-/m0/s1. The lowest BCUT2D eigenvalue weighted by atomic mass is 9.91. The molecule has 7 heteroatoms. The van der Waals surface area contributed by atoms with Gasteiger partial charge in [-0.1, -0.05) is 62.4 Å². The molecule has 3 rings (SSSR count). The molecule has 1 amide bonds. The van der Waals surface area contributed by atoms with Crippen molar-refractivity contribution in [3.63, 3.8) is 0 Å². The highest BCUT2D eigenvalue weighted by atomic mass is 32.2. The minimum absolute atomic E-state index is 0.0587. The number of benzene rings is 1. The molecule has 0 aliphatic rings. The van der Waals surface area contributed by atoms with Gasteiger partial charge in [-0.2, -0.15) is 0 Å². The highest BCUT2D eigenvalue weighted by Gasteiger charge is 2.17. The van der Waals surface area contributed by atoms with Crippen LogP contribution in [0.15, 0.2) is 51.4 Å². The highest BCUT2D eigenvalue weighted by Crippen LogP contribution is 2.31. The highest BCUT2D eigenvalue weighted by molar-refractivity contribution is 8.00. The molecule has 0 fully saturated rings. The fourth-order valence-corrected chi connectivity index (χ4v) is 4.37. The number of hydrogen-bond donors (Lipinski definition) is 1. The van der Waals surface area contributed by atoms with Gasteiger partial charge in [0.15, 0.2) is 5.13 Å². The Bertz CT molecular complexity index is 913. The molecule has 5 nitrogen and oxygen atoms in total. The number of nitrogens with zero attached hydrogens (tertiary/aromatic N) is 2. The number of nitrogens with one attached hydrogen (secondary N) is 1. The third-order valence-electron chi connectivity index (χ3n) is 4.05. The van der Waals surface area contributed by atoms with Gasteiger partial charge in [-0.3, -0.25) is 4.79 Å². The lowest BCUT2D eigenvalue weighted by Crippen LogP contribution is -2.18. The summed E-state index contributed by atoms with van der Waals surface area (Å²) in [6.45, 7) is 8.42. The molecule has 1 aromatic carbocycles. The van der Waals surface area contributed by atoms with E-state index in [4.69, 9.17) is 4.42 Å². The van der Waals surface area contributed by atoms with Gasteiger partial charge in [-0.25, -0.2) is 9.97 Å². The van der Waals surface area contributed by atoms with Gasteiger partial charge in [0.25, 0.3) is 0 Å². The van der Waals surface area contributed by atoms with E-state index in [0.717, 1.165) is 22.0 Å². The SMILES string of the molecule is C[C@H](C(=O)Nc1ncc(SCc2ncc(CC(C)(C)C)o2)s1)c1ccccc1. The first-order valence-electron chi connectivity index (χ1n) is 9.18. The number of carbonyl (C=O) groups excluding carboxylic acids is 1. The quantitative estimate of drug-likeness (QED) is 0.497. The van der Waals surface area contributed by atoms with Gasteiger partial charge in [-0.05, 0) is 17.9 Å². The summed E-state index contributed by atoms with van der Waals surface area (Å²) in [7, 11) is 0. The lowest BCUT2D eigenvalue weighted by Gasteiger charge is -2.15. The van der Waals surface area contributed by atoms with Gasteiger partial charge in [0.05, 0.1) is 28.3 Å². The maximum atomic E-state index is 12.4. The lowest BCUT2D eigenvalue weighted by molar-refractivity contribution is -0.117. The largest absolute Gasteiger partial charge is 0.445 e. The molecular weight excluding hydrogens is 390 g/mol. The van der Waals surface area contributed by atoms with Crippen LogP contribution in [0.5, 0.6) is 0 Å². The smallest absolute Gasteiger partial charge is 0.233 e. The number of thioether (sulfide) groups is 1. The van der Waals surface area contributed by atoms with Crippen LogP contribution < -0.4 is 5.32 Å². The second kappa shape index (κ2) is 8.92. The van der Waals surface area contributed by atoms with Crippen molar-refractivity contribution < 1.29 is 9.21 Å². The van der Waals surface area contributed by atoms with Crippen LogP contribution in [0, 0.1) is 5.41 Å². The van der Waals surface area contributed by atoms with Gasteiger partial charge in [0, 0.05) is 6.42 Å². The number of hydrogen-bond acceptors (Lipinski definition) is 6. The number of anilines is 1. The minimum atomic E-state index is -0.227. The zero-order valence-corrected chi connectivity index (χ0v) is 18.2. The van der Waals surface area contributed by atoms with E-state index in [1.807, 2.05) is 43.5 Å². The monoisotopic (exact) mass is 415 g/mol. The van der Waals surface area contributed by atoms with Crippen molar-refractivity contribution >= 4 is 34.1 Å². The zero-order chi connectivity index (χ0) is 20.1. The average molecular weight is 416 g/mol. The first kappa shape index (κ1) is 20.6. The van der Waals surface area contributed by atoms with Crippen molar-refractivity contribution in [1.82, 2.24) is 9.97 Å². The van der Waals surface area contributed by atoms with Crippen LogP contribution in [0.1, 0.15) is 50.8 Å². The number of rotatable bonds is 7. The Balaban J connectivity index is 1.52. The summed E-state index contributed by atoms with van der Waals surface area (Å²) in [4.78, 5) is 21.1. The first-order valence-corrected chi connectivity index (χ1v) is 11.0. The summed E-state index contributed by atoms with van der Waals surface area (Å²) in [5.74, 6) is 1.97. The number of oxazole rings is 1. The molecule has 0 radical (unpaired) electrons. The van der Waals surface area contributed by atoms with Crippen molar-refractivity contribution in [2.45, 2.75) is 50.0 Å². The zero-order valence-electron chi connectivity index (χ0n) is 16.6. The second-order valence-corrected chi connectivity index (χ2v) is 10.2. The van der Waals surface area contributed by atoms with Gasteiger partial charge < -0.3 is 9.73 Å². The summed E-state index contributed by atoms with van der Waals surface area (Å²) < 4.78 is 6.83. The molecule has 0 bridgehead atoms. The summed E-state index contributed by atoms with van der Waals surface area (Å²) in [5.41, 5.74) is 1.16. The summed E-state index contributed by atoms with van der Waals surface area (Å²) in [6, 6.07) is 9.73. The molecule has 0 aliphatic heterocycles. The minimum Gasteiger partial charge on any atom is -0.445 e. The number of amides is 1. The van der Waals surface area contributed by atoms with E-state index in [1.54, 1.807) is 18.0 Å². The molecule has 0 saturated heterocycles. The molecule has 148 valence electrons. The Morgan fingerprint density at radius 3 is 2.68 bits per heavy atom. The Labute approximate surface area is 174 Å². The Hall–Kier alpha value is -2.12. The second-order valence-electron chi connectivity index (χ2n) is 7.85. The van der Waals surface area contributed by atoms with E-state index in [9.17, 15) is 4.79 Å². The van der Waals surface area contributed by atoms with Crippen LogP contribution >= 0.6 is 23.1 Å². The van der Waals surface area contributed by atoms with Gasteiger partial charge >= 0.3 is 0 Å². The van der Waals surface area contributed by atoms with Gasteiger partial charge in [-0.15, -0.1) is 11.8 Å². The molecule has 0 saturated carbocycles. The molecular formula is C21H25N3O2S2. The summed E-state index contributed by atoms with van der Waals surface area (Å²) in [5, 5.41) is 3.51. The van der Waals surface area contributed by atoms with Crippen molar-refractivity contribution in [1.29, 1.82) is 0 Å². The molecule has 2 aromatic heterocycles. The number of carbonyl (C=O) groups is 1. The predicted molar refractivity (Wildman–Crippen MR) is 115 cm³/mol. The Kier molecular flexibility index (Phi) is 6.57. The van der Waals surface area contributed by atoms with Crippen molar-refractivity contribution in [3.05, 3.63) is 59.9 Å². The third kappa shape index (κ3) is 5.94. The maximum Gasteiger partial charge on any atom is 0.233 e. The fraction of sp³-hybridized carbons (Fsp3) is 0.381. The van der Waals surface area contributed by atoms with Crippen LogP contribution in [0.4, 0.5) is 5.13 Å². The topological polar surface area (TPSA) is 68.0 Å². The van der Waals surface area contributed by atoms with Crippen LogP contribution in [-0.4, -0.2) is 15.9 Å². The van der Waals surface area contributed by atoms with Crippen LogP contribution in [-0.2, 0) is 17.0 Å². The van der Waals surface area contributed by atoms with E-state index in [1.165, 1.54) is 11.3 Å². The molecule has 0 spiro atoms. The van der Waals surface area contributed by atoms with E-state index in [-0.39, 0.29) is 17.2 Å². The van der Waals surface area contributed by atoms with E-state index < -0.39 is 0 Å². The third-order valence-corrected chi connectivity index (χ3v) is 6.14. The summed E-state index contributed by atoms with van der Waals surface area (Å²) >= 11 is 3.07. The van der Waals surface area contributed by atoms with Crippen molar-refractivity contribution in [2.75, 3.05) is 5.32 Å². The molecule has 2 heterocycles.